The van der Waals surface area contributed by atoms with Crippen molar-refractivity contribution in [1.82, 2.24) is 4.90 Å². The molecule has 86 valence electrons. The number of carbonyl (C=O) groups is 1. The van der Waals surface area contributed by atoms with Crippen LogP contribution >= 0.6 is 0 Å². The van der Waals surface area contributed by atoms with Gasteiger partial charge >= 0.3 is 5.97 Å². The van der Waals surface area contributed by atoms with Crippen LogP contribution in [0.15, 0.2) is 0 Å². The second-order valence-electron chi connectivity index (χ2n) is 5.31. The molecule has 3 nitrogen and oxygen atoms in total. The van der Waals surface area contributed by atoms with Crippen LogP contribution in [0.3, 0.4) is 0 Å². The highest BCUT2D eigenvalue weighted by Crippen LogP contribution is 2.33. The van der Waals surface area contributed by atoms with E-state index < -0.39 is 5.97 Å². The Hall–Kier alpha value is -0.570. The molecule has 0 unspecified atom stereocenters. The summed E-state index contributed by atoms with van der Waals surface area (Å²) in [5.41, 5.74) is 0. The third-order valence-electron chi connectivity index (χ3n) is 3.98. The first kappa shape index (κ1) is 10.9. The molecule has 0 amide bonds. The Morgan fingerprint density at radius 2 is 1.93 bits per heavy atom. The lowest BCUT2D eigenvalue weighted by atomic mass is 9.79. The minimum Gasteiger partial charge on any atom is -0.481 e. The summed E-state index contributed by atoms with van der Waals surface area (Å²) in [6.45, 7) is 4.55. The number of hydrogen-bond acceptors (Lipinski definition) is 2. The zero-order valence-corrected chi connectivity index (χ0v) is 9.48. The van der Waals surface area contributed by atoms with Crippen LogP contribution in [0.5, 0.6) is 0 Å². The summed E-state index contributed by atoms with van der Waals surface area (Å²) in [6, 6.07) is 0.811. The average molecular weight is 211 g/mol. The SMILES string of the molecule is CC1CC(N2CCC(CC(=O)O)CC2)C1. The van der Waals surface area contributed by atoms with Crippen LogP contribution < -0.4 is 0 Å². The molecule has 0 aromatic rings. The Balaban J connectivity index is 1.70. The van der Waals surface area contributed by atoms with Crippen LogP contribution in [0.1, 0.15) is 39.0 Å². The maximum absolute atomic E-state index is 10.6. The lowest BCUT2D eigenvalue weighted by molar-refractivity contribution is -0.138. The Morgan fingerprint density at radius 3 is 2.40 bits per heavy atom. The predicted molar refractivity (Wildman–Crippen MR) is 58.7 cm³/mol. The molecule has 1 saturated heterocycles. The minimum atomic E-state index is -0.634. The smallest absolute Gasteiger partial charge is 0.303 e. The molecule has 0 atom stereocenters. The van der Waals surface area contributed by atoms with Gasteiger partial charge in [-0.05, 0) is 50.6 Å². The highest BCUT2D eigenvalue weighted by Gasteiger charge is 2.33. The van der Waals surface area contributed by atoms with Gasteiger partial charge in [0.25, 0.3) is 0 Å². The molecule has 1 heterocycles. The fourth-order valence-corrected chi connectivity index (χ4v) is 2.93. The van der Waals surface area contributed by atoms with Gasteiger partial charge in [0.15, 0.2) is 0 Å². The standard InChI is InChI=1S/C12H21NO2/c1-9-6-11(7-9)13-4-2-10(3-5-13)8-12(14)15/h9-11H,2-8H2,1H3,(H,14,15). The van der Waals surface area contributed by atoms with Crippen molar-refractivity contribution in [2.45, 2.75) is 45.1 Å². The fourth-order valence-electron chi connectivity index (χ4n) is 2.93. The Kier molecular flexibility index (Phi) is 3.29. The molecule has 15 heavy (non-hydrogen) atoms. The van der Waals surface area contributed by atoms with Crippen molar-refractivity contribution in [3.63, 3.8) is 0 Å². The normalized spacial score (nSPS) is 33.7. The fraction of sp³-hybridized carbons (Fsp3) is 0.917. The summed E-state index contributed by atoms with van der Waals surface area (Å²) >= 11 is 0. The summed E-state index contributed by atoms with van der Waals surface area (Å²) in [6.07, 6.45) is 5.23. The van der Waals surface area contributed by atoms with E-state index in [0.717, 1.165) is 37.9 Å². The number of piperidine rings is 1. The Labute approximate surface area is 91.5 Å². The number of nitrogens with zero attached hydrogens (tertiary/aromatic N) is 1. The molecule has 0 bridgehead atoms. The summed E-state index contributed by atoms with van der Waals surface area (Å²) in [7, 11) is 0. The van der Waals surface area contributed by atoms with Crippen LogP contribution in [0.25, 0.3) is 0 Å². The topological polar surface area (TPSA) is 40.5 Å². The van der Waals surface area contributed by atoms with Crippen LogP contribution in [0.2, 0.25) is 0 Å². The van der Waals surface area contributed by atoms with E-state index in [1.54, 1.807) is 0 Å². The highest BCUT2D eigenvalue weighted by molar-refractivity contribution is 5.67. The zero-order valence-electron chi connectivity index (χ0n) is 9.48. The molecule has 0 spiro atoms. The van der Waals surface area contributed by atoms with Crippen LogP contribution in [-0.2, 0) is 4.79 Å². The maximum Gasteiger partial charge on any atom is 0.303 e. The van der Waals surface area contributed by atoms with Gasteiger partial charge in [0.2, 0.25) is 0 Å². The first-order chi connectivity index (χ1) is 7.15. The van der Waals surface area contributed by atoms with E-state index in [0.29, 0.717) is 12.3 Å². The maximum atomic E-state index is 10.6. The van der Waals surface area contributed by atoms with E-state index in [2.05, 4.69) is 11.8 Å². The first-order valence-corrected chi connectivity index (χ1v) is 6.11. The monoisotopic (exact) mass is 211 g/mol. The lowest BCUT2D eigenvalue weighted by Gasteiger charge is -2.44. The summed E-state index contributed by atoms with van der Waals surface area (Å²) in [5, 5.41) is 8.72. The summed E-state index contributed by atoms with van der Waals surface area (Å²) in [4.78, 5) is 13.1. The minimum absolute atomic E-state index is 0.370. The van der Waals surface area contributed by atoms with Gasteiger partial charge in [-0.15, -0.1) is 0 Å². The van der Waals surface area contributed by atoms with Gasteiger partial charge in [0.05, 0.1) is 0 Å². The molecule has 1 N–H and O–H groups in total. The molecule has 0 aromatic carbocycles. The molecule has 1 saturated carbocycles. The second kappa shape index (κ2) is 4.52. The Bertz CT molecular complexity index is 228. The number of carboxylic acids is 1. The van der Waals surface area contributed by atoms with Crippen molar-refractivity contribution < 1.29 is 9.90 Å². The quantitative estimate of drug-likeness (QED) is 0.776. The van der Waals surface area contributed by atoms with Crippen molar-refractivity contribution in [3.8, 4) is 0 Å². The van der Waals surface area contributed by atoms with Gasteiger partial charge in [-0.1, -0.05) is 6.92 Å². The third kappa shape index (κ3) is 2.71. The van der Waals surface area contributed by atoms with Crippen molar-refractivity contribution in [1.29, 1.82) is 0 Å². The van der Waals surface area contributed by atoms with Gasteiger partial charge in [0, 0.05) is 12.5 Å². The molecule has 2 rings (SSSR count). The molecule has 3 heteroatoms. The van der Waals surface area contributed by atoms with Crippen molar-refractivity contribution >= 4 is 5.97 Å². The number of hydrogen-bond donors (Lipinski definition) is 1. The van der Waals surface area contributed by atoms with Gasteiger partial charge in [-0.3, -0.25) is 4.79 Å². The molecule has 1 aliphatic heterocycles. The molecule has 2 fully saturated rings. The molecule has 1 aliphatic carbocycles. The molecule has 2 aliphatic rings. The van der Waals surface area contributed by atoms with Crippen molar-refractivity contribution in [2.24, 2.45) is 11.8 Å². The van der Waals surface area contributed by atoms with Gasteiger partial charge in [-0.2, -0.15) is 0 Å². The number of carboxylic acid groups (broad SMARTS) is 1. The summed E-state index contributed by atoms with van der Waals surface area (Å²) < 4.78 is 0. The average Bonchev–Trinajstić information content (AvgIpc) is 2.14. The number of aliphatic carboxylic acids is 1. The molecule has 0 radical (unpaired) electrons. The second-order valence-corrected chi connectivity index (χ2v) is 5.31. The van der Waals surface area contributed by atoms with Crippen LogP contribution in [0.4, 0.5) is 0 Å². The first-order valence-electron chi connectivity index (χ1n) is 6.11. The lowest BCUT2D eigenvalue weighted by Crippen LogP contribution is -2.47. The largest absolute Gasteiger partial charge is 0.481 e. The van der Waals surface area contributed by atoms with E-state index >= 15 is 0 Å². The van der Waals surface area contributed by atoms with Gasteiger partial charge < -0.3 is 10.0 Å². The van der Waals surface area contributed by atoms with E-state index in [4.69, 9.17) is 5.11 Å². The van der Waals surface area contributed by atoms with Crippen molar-refractivity contribution in [2.75, 3.05) is 13.1 Å². The zero-order chi connectivity index (χ0) is 10.8. The number of likely N-dealkylation sites (tertiary alicyclic amines) is 1. The van der Waals surface area contributed by atoms with Crippen molar-refractivity contribution in [3.05, 3.63) is 0 Å². The van der Waals surface area contributed by atoms with E-state index in [1.807, 2.05) is 0 Å². The Morgan fingerprint density at radius 1 is 1.33 bits per heavy atom. The van der Waals surface area contributed by atoms with E-state index in [9.17, 15) is 4.79 Å². The molecular weight excluding hydrogens is 190 g/mol. The molecule has 0 aromatic heterocycles. The van der Waals surface area contributed by atoms with Gasteiger partial charge in [0.1, 0.15) is 0 Å². The molecular formula is C12H21NO2. The van der Waals surface area contributed by atoms with E-state index in [-0.39, 0.29) is 0 Å². The highest BCUT2D eigenvalue weighted by atomic mass is 16.4. The summed E-state index contributed by atoms with van der Waals surface area (Å²) in [5.74, 6) is 0.703. The van der Waals surface area contributed by atoms with Gasteiger partial charge in [-0.25, -0.2) is 0 Å². The predicted octanol–water partition coefficient (Wildman–Crippen LogP) is 1.97. The van der Waals surface area contributed by atoms with Crippen LogP contribution in [0, 0.1) is 11.8 Å². The van der Waals surface area contributed by atoms with E-state index in [1.165, 1.54) is 12.8 Å². The number of rotatable bonds is 3. The third-order valence-corrected chi connectivity index (χ3v) is 3.98. The van der Waals surface area contributed by atoms with Crippen LogP contribution in [-0.4, -0.2) is 35.1 Å².